The van der Waals surface area contributed by atoms with Crippen molar-refractivity contribution in [2.24, 2.45) is 0 Å². The summed E-state index contributed by atoms with van der Waals surface area (Å²) in [4.78, 5) is 8.72. The Kier molecular flexibility index (Phi) is 3.91. The SMILES string of the molecule is CCP(=O)(OC)c1ccc2oc(-c3ccc4ccncc4c3)nc2c1. The molecule has 25 heavy (non-hydrogen) atoms. The van der Waals surface area contributed by atoms with Crippen LogP contribution in [0.1, 0.15) is 6.92 Å². The topological polar surface area (TPSA) is 65.2 Å². The standard InChI is InChI=1S/C19H17N2O3P/c1-3-25(22,23-2)16-6-7-18-17(11-16)21-19(24-18)14-5-4-13-8-9-20-12-15(13)10-14/h4-12H,3H2,1-2H3. The number of hydrogen-bond donors (Lipinski definition) is 0. The van der Waals surface area contributed by atoms with E-state index in [4.69, 9.17) is 8.94 Å². The zero-order chi connectivity index (χ0) is 17.4. The molecule has 0 radical (unpaired) electrons. The van der Waals surface area contributed by atoms with E-state index in [1.54, 1.807) is 24.4 Å². The summed E-state index contributed by atoms with van der Waals surface area (Å²) in [5, 5.41) is 2.80. The number of aromatic nitrogens is 2. The van der Waals surface area contributed by atoms with Gasteiger partial charge in [-0.3, -0.25) is 9.55 Å². The van der Waals surface area contributed by atoms with E-state index in [2.05, 4.69) is 9.97 Å². The molecule has 5 nitrogen and oxygen atoms in total. The Balaban J connectivity index is 1.81. The van der Waals surface area contributed by atoms with Crippen LogP contribution >= 0.6 is 7.37 Å². The molecule has 0 N–H and O–H groups in total. The highest BCUT2D eigenvalue weighted by Crippen LogP contribution is 2.44. The molecule has 126 valence electrons. The van der Waals surface area contributed by atoms with Gasteiger partial charge in [-0.15, -0.1) is 0 Å². The van der Waals surface area contributed by atoms with Crippen LogP contribution in [0.3, 0.4) is 0 Å². The molecule has 0 saturated carbocycles. The van der Waals surface area contributed by atoms with Gasteiger partial charge in [-0.05, 0) is 41.8 Å². The van der Waals surface area contributed by atoms with Gasteiger partial charge in [-0.1, -0.05) is 13.0 Å². The van der Waals surface area contributed by atoms with Crippen LogP contribution < -0.4 is 5.30 Å². The van der Waals surface area contributed by atoms with Gasteiger partial charge < -0.3 is 8.94 Å². The largest absolute Gasteiger partial charge is 0.436 e. The zero-order valence-electron chi connectivity index (χ0n) is 14.0. The molecule has 4 rings (SSSR count). The molecule has 0 amide bonds. The first kappa shape index (κ1) is 16.0. The molecule has 0 saturated heterocycles. The third-order valence-corrected chi connectivity index (χ3v) is 6.85. The maximum atomic E-state index is 12.7. The number of rotatable bonds is 4. The van der Waals surface area contributed by atoms with E-state index in [0.717, 1.165) is 16.3 Å². The molecule has 4 aromatic rings. The van der Waals surface area contributed by atoms with Gasteiger partial charge in [-0.25, -0.2) is 4.98 Å². The van der Waals surface area contributed by atoms with Crippen molar-refractivity contribution in [1.29, 1.82) is 0 Å². The summed E-state index contributed by atoms with van der Waals surface area (Å²) in [6, 6.07) is 13.3. The summed E-state index contributed by atoms with van der Waals surface area (Å²) < 4.78 is 23.9. The molecule has 0 aliphatic rings. The maximum absolute atomic E-state index is 12.7. The summed E-state index contributed by atoms with van der Waals surface area (Å²) in [6.45, 7) is 1.85. The van der Waals surface area contributed by atoms with E-state index in [-0.39, 0.29) is 0 Å². The summed E-state index contributed by atoms with van der Waals surface area (Å²) in [6.07, 6.45) is 4.03. The predicted molar refractivity (Wildman–Crippen MR) is 99.5 cm³/mol. The first-order valence-corrected chi connectivity index (χ1v) is 9.84. The molecule has 0 bridgehead atoms. The normalized spacial score (nSPS) is 14.0. The third kappa shape index (κ3) is 2.76. The van der Waals surface area contributed by atoms with E-state index in [9.17, 15) is 4.57 Å². The van der Waals surface area contributed by atoms with Gasteiger partial charge in [0.25, 0.3) is 0 Å². The van der Waals surface area contributed by atoms with E-state index in [1.165, 1.54) is 7.11 Å². The Bertz CT molecular complexity index is 1110. The van der Waals surface area contributed by atoms with Gasteiger partial charge in [0, 0.05) is 41.9 Å². The molecular formula is C19H17N2O3P. The van der Waals surface area contributed by atoms with Crippen molar-refractivity contribution >= 4 is 34.5 Å². The van der Waals surface area contributed by atoms with Crippen LogP contribution in [0.2, 0.25) is 0 Å². The van der Waals surface area contributed by atoms with Crippen molar-refractivity contribution in [3.63, 3.8) is 0 Å². The van der Waals surface area contributed by atoms with Gasteiger partial charge >= 0.3 is 0 Å². The van der Waals surface area contributed by atoms with Gasteiger partial charge in [0.05, 0.1) is 0 Å². The minimum atomic E-state index is -2.82. The molecule has 2 heterocycles. The Hall–Kier alpha value is -2.49. The Morgan fingerprint density at radius 3 is 2.80 bits per heavy atom. The number of pyridine rings is 1. The van der Waals surface area contributed by atoms with Gasteiger partial charge in [0.15, 0.2) is 5.58 Å². The number of benzene rings is 2. The quantitative estimate of drug-likeness (QED) is 0.502. The van der Waals surface area contributed by atoms with Gasteiger partial charge in [0.1, 0.15) is 5.52 Å². The lowest BCUT2D eigenvalue weighted by molar-refractivity contribution is 0.404. The van der Waals surface area contributed by atoms with Crippen molar-refractivity contribution in [3.05, 3.63) is 54.9 Å². The highest BCUT2D eigenvalue weighted by molar-refractivity contribution is 7.66. The zero-order valence-corrected chi connectivity index (χ0v) is 14.9. The maximum Gasteiger partial charge on any atom is 0.231 e. The number of fused-ring (bicyclic) bond motifs is 2. The first-order valence-electron chi connectivity index (χ1n) is 8.03. The smallest absolute Gasteiger partial charge is 0.231 e. The lowest BCUT2D eigenvalue weighted by Crippen LogP contribution is -2.07. The van der Waals surface area contributed by atoms with Crippen LogP contribution in [-0.4, -0.2) is 23.2 Å². The summed E-state index contributed by atoms with van der Waals surface area (Å²) in [5.74, 6) is 0.529. The molecule has 0 aliphatic carbocycles. The van der Waals surface area contributed by atoms with Crippen molar-refractivity contribution in [1.82, 2.24) is 9.97 Å². The molecule has 1 unspecified atom stereocenters. The second kappa shape index (κ2) is 6.10. The fourth-order valence-corrected chi connectivity index (χ4v) is 4.34. The number of hydrogen-bond acceptors (Lipinski definition) is 5. The van der Waals surface area contributed by atoms with Crippen LogP contribution in [0.15, 0.2) is 59.3 Å². The van der Waals surface area contributed by atoms with Crippen LogP contribution in [0.4, 0.5) is 0 Å². The Morgan fingerprint density at radius 1 is 1.12 bits per heavy atom. The highest BCUT2D eigenvalue weighted by Gasteiger charge is 2.23. The fourth-order valence-electron chi connectivity index (χ4n) is 2.89. The number of oxazole rings is 1. The van der Waals surface area contributed by atoms with Crippen LogP contribution in [0.25, 0.3) is 33.3 Å². The molecule has 2 aromatic carbocycles. The molecular weight excluding hydrogens is 335 g/mol. The first-order chi connectivity index (χ1) is 12.1. The van der Waals surface area contributed by atoms with Crippen LogP contribution in [0.5, 0.6) is 0 Å². The minimum Gasteiger partial charge on any atom is -0.436 e. The summed E-state index contributed by atoms with van der Waals surface area (Å²) >= 11 is 0. The fraction of sp³-hybridized carbons (Fsp3) is 0.158. The van der Waals surface area contributed by atoms with E-state index in [0.29, 0.717) is 28.5 Å². The van der Waals surface area contributed by atoms with Crippen LogP contribution in [-0.2, 0) is 9.09 Å². The highest BCUT2D eigenvalue weighted by atomic mass is 31.2. The lowest BCUT2D eigenvalue weighted by atomic mass is 10.1. The lowest BCUT2D eigenvalue weighted by Gasteiger charge is -2.13. The predicted octanol–water partition coefficient (Wildman–Crippen LogP) is 4.61. The minimum absolute atomic E-state index is 0.442. The van der Waals surface area contributed by atoms with E-state index < -0.39 is 7.37 Å². The third-order valence-electron chi connectivity index (χ3n) is 4.36. The van der Waals surface area contributed by atoms with Gasteiger partial charge in [-0.2, -0.15) is 0 Å². The molecule has 1 atom stereocenters. The average Bonchev–Trinajstić information content (AvgIpc) is 3.10. The second-order valence-corrected chi connectivity index (χ2v) is 8.64. The van der Waals surface area contributed by atoms with Crippen molar-refractivity contribution in [2.75, 3.05) is 13.3 Å². The van der Waals surface area contributed by atoms with E-state index >= 15 is 0 Å². The van der Waals surface area contributed by atoms with Gasteiger partial charge in [0.2, 0.25) is 13.3 Å². The Morgan fingerprint density at radius 2 is 2.00 bits per heavy atom. The van der Waals surface area contributed by atoms with E-state index in [1.807, 2.05) is 37.4 Å². The summed E-state index contributed by atoms with van der Waals surface area (Å²) in [5.41, 5.74) is 2.21. The average molecular weight is 352 g/mol. The molecule has 0 fully saturated rings. The summed E-state index contributed by atoms with van der Waals surface area (Å²) in [7, 11) is -1.35. The van der Waals surface area contributed by atoms with Crippen LogP contribution in [0, 0.1) is 0 Å². The second-order valence-electron chi connectivity index (χ2n) is 5.78. The molecule has 0 spiro atoms. The van der Waals surface area contributed by atoms with Crippen molar-refractivity contribution < 1.29 is 13.5 Å². The monoisotopic (exact) mass is 352 g/mol. The van der Waals surface area contributed by atoms with Crippen molar-refractivity contribution in [2.45, 2.75) is 6.92 Å². The number of nitrogens with zero attached hydrogens (tertiary/aromatic N) is 2. The molecule has 6 heteroatoms. The molecule has 0 aliphatic heterocycles. The molecule has 2 aromatic heterocycles. The van der Waals surface area contributed by atoms with Crippen molar-refractivity contribution in [3.8, 4) is 11.5 Å². The Labute approximate surface area is 145 Å².